The first-order valence-corrected chi connectivity index (χ1v) is 9.05. The van der Waals surface area contributed by atoms with Crippen LogP contribution in [0.3, 0.4) is 0 Å². The lowest BCUT2D eigenvalue weighted by atomic mass is 9.99. The monoisotopic (exact) mass is 341 g/mol. The highest BCUT2D eigenvalue weighted by molar-refractivity contribution is 7.89. The van der Waals surface area contributed by atoms with Crippen LogP contribution in [-0.4, -0.2) is 49.6 Å². The van der Waals surface area contributed by atoms with Crippen LogP contribution in [0.2, 0.25) is 0 Å². The second-order valence-corrected chi connectivity index (χ2v) is 8.04. The average molecular weight is 341 g/mol. The third kappa shape index (κ3) is 3.13. The van der Waals surface area contributed by atoms with E-state index in [1.54, 1.807) is 24.3 Å². The number of carbonyl (C=O) groups is 1. The molecule has 2 rings (SSSR count). The van der Waals surface area contributed by atoms with Gasteiger partial charge >= 0.3 is 5.97 Å². The predicted octanol–water partition coefficient (Wildman–Crippen LogP) is 2.06. The first-order chi connectivity index (χ1) is 10.8. The van der Waals surface area contributed by atoms with Gasteiger partial charge in [0.2, 0.25) is 10.0 Å². The minimum atomic E-state index is -3.88. The number of methoxy groups -OCH3 is 1. The van der Waals surface area contributed by atoms with E-state index in [2.05, 4.69) is 0 Å². The molecule has 1 fully saturated rings. The minimum absolute atomic E-state index is 0.116. The van der Waals surface area contributed by atoms with Gasteiger partial charge in [-0.1, -0.05) is 26.0 Å². The maximum atomic E-state index is 12.9. The number of ether oxygens (including phenoxy) is 1. The van der Waals surface area contributed by atoms with Crippen molar-refractivity contribution in [2.45, 2.75) is 43.0 Å². The Morgan fingerprint density at radius 2 is 1.96 bits per heavy atom. The molecule has 0 aliphatic carbocycles. The van der Waals surface area contributed by atoms with Gasteiger partial charge in [-0.2, -0.15) is 4.31 Å². The molecular formula is C16H23NO5S. The number of hydrogen-bond donors (Lipinski definition) is 1. The molecule has 0 spiro atoms. The smallest absolute Gasteiger partial charge is 0.327 e. The van der Waals surface area contributed by atoms with Gasteiger partial charge in [0.1, 0.15) is 0 Å². The van der Waals surface area contributed by atoms with Crippen molar-refractivity contribution in [3.05, 3.63) is 29.8 Å². The van der Waals surface area contributed by atoms with E-state index in [1.807, 2.05) is 13.8 Å². The van der Waals surface area contributed by atoms with E-state index in [1.165, 1.54) is 7.11 Å². The summed E-state index contributed by atoms with van der Waals surface area (Å²) < 4.78 is 31.9. The number of carboxylic acid groups (broad SMARTS) is 1. The molecule has 0 aromatic heterocycles. The summed E-state index contributed by atoms with van der Waals surface area (Å²) in [7, 11) is -2.50. The lowest BCUT2D eigenvalue weighted by molar-refractivity contribution is -0.150. The third-order valence-corrected chi connectivity index (χ3v) is 6.33. The largest absolute Gasteiger partial charge is 0.480 e. The van der Waals surface area contributed by atoms with Crippen molar-refractivity contribution >= 4 is 16.0 Å². The van der Waals surface area contributed by atoms with Crippen LogP contribution >= 0.6 is 0 Å². The van der Waals surface area contributed by atoms with E-state index in [0.29, 0.717) is 12.3 Å². The summed E-state index contributed by atoms with van der Waals surface area (Å²) in [5.41, 5.74) is -0.489. The summed E-state index contributed by atoms with van der Waals surface area (Å²) in [6, 6.07) is 6.63. The van der Waals surface area contributed by atoms with Crippen molar-refractivity contribution in [2.75, 3.05) is 20.3 Å². The van der Waals surface area contributed by atoms with Gasteiger partial charge in [-0.15, -0.1) is 0 Å². The van der Waals surface area contributed by atoms with Gasteiger partial charge in [0, 0.05) is 13.7 Å². The van der Waals surface area contributed by atoms with E-state index in [9.17, 15) is 18.3 Å². The molecule has 6 nitrogen and oxygen atoms in total. The number of hydrogen-bond acceptors (Lipinski definition) is 4. The molecule has 0 bridgehead atoms. The molecule has 0 saturated carbocycles. The molecule has 1 aromatic carbocycles. The molecular weight excluding hydrogens is 318 g/mol. The Morgan fingerprint density at radius 1 is 1.35 bits per heavy atom. The number of aliphatic carboxylic acids is 1. The topological polar surface area (TPSA) is 83.9 Å². The first-order valence-electron chi connectivity index (χ1n) is 7.61. The zero-order chi connectivity index (χ0) is 17.3. The number of benzene rings is 1. The zero-order valence-corrected chi connectivity index (χ0v) is 14.5. The number of nitrogens with zero attached hydrogens (tertiary/aromatic N) is 1. The number of carboxylic acids is 1. The van der Waals surface area contributed by atoms with Gasteiger partial charge in [-0.3, -0.25) is 4.79 Å². The standard InChI is InChI=1S/C16H23NO5S/c1-12(2)13-5-7-14(8-6-13)23(20,21)17-10-4-9-16(17,11-22-3)15(18)19/h5-8,12H,4,9-11H2,1-3H3,(H,18,19). The van der Waals surface area contributed by atoms with Crippen LogP contribution in [0.5, 0.6) is 0 Å². The van der Waals surface area contributed by atoms with Crippen LogP contribution in [0.15, 0.2) is 29.2 Å². The summed E-state index contributed by atoms with van der Waals surface area (Å²) in [6.45, 7) is 4.08. The van der Waals surface area contributed by atoms with E-state index in [-0.39, 0.29) is 24.5 Å². The normalized spacial score (nSPS) is 22.6. The van der Waals surface area contributed by atoms with Crippen LogP contribution in [0.25, 0.3) is 0 Å². The number of sulfonamides is 1. The van der Waals surface area contributed by atoms with Crippen LogP contribution in [-0.2, 0) is 19.6 Å². The Bertz CT molecular complexity index is 668. The highest BCUT2D eigenvalue weighted by Gasteiger charge is 2.53. The first kappa shape index (κ1) is 17.9. The molecule has 1 aliphatic heterocycles. The molecule has 0 amide bonds. The average Bonchev–Trinajstić information content (AvgIpc) is 2.93. The summed E-state index contributed by atoms with van der Waals surface area (Å²) in [6.07, 6.45) is 0.748. The maximum absolute atomic E-state index is 12.9. The minimum Gasteiger partial charge on any atom is -0.480 e. The predicted molar refractivity (Wildman–Crippen MR) is 85.9 cm³/mol. The molecule has 1 aliphatic rings. The third-order valence-electron chi connectivity index (χ3n) is 4.34. The zero-order valence-electron chi connectivity index (χ0n) is 13.7. The summed E-state index contributed by atoms with van der Waals surface area (Å²) in [5.74, 6) is -0.871. The van der Waals surface area contributed by atoms with Crippen molar-refractivity contribution in [2.24, 2.45) is 0 Å². The Hall–Kier alpha value is -1.44. The fourth-order valence-corrected chi connectivity index (χ4v) is 4.80. The van der Waals surface area contributed by atoms with E-state index in [4.69, 9.17) is 4.74 Å². The molecule has 0 radical (unpaired) electrons. The van der Waals surface area contributed by atoms with Gasteiger partial charge in [0.15, 0.2) is 5.54 Å². The maximum Gasteiger partial charge on any atom is 0.327 e. The molecule has 7 heteroatoms. The molecule has 1 saturated heterocycles. The molecule has 1 heterocycles. The highest BCUT2D eigenvalue weighted by Crippen LogP contribution is 2.35. The Kier molecular flexibility index (Phi) is 5.13. The van der Waals surface area contributed by atoms with E-state index in [0.717, 1.165) is 9.87 Å². The fraction of sp³-hybridized carbons (Fsp3) is 0.562. The molecule has 1 atom stereocenters. The lowest BCUT2D eigenvalue weighted by Gasteiger charge is -2.33. The molecule has 1 N–H and O–H groups in total. The van der Waals surface area contributed by atoms with Crippen molar-refractivity contribution in [3.8, 4) is 0 Å². The van der Waals surface area contributed by atoms with Gasteiger partial charge < -0.3 is 9.84 Å². The Labute approximate surface area is 137 Å². The lowest BCUT2D eigenvalue weighted by Crippen LogP contribution is -2.55. The number of rotatable bonds is 6. The second kappa shape index (κ2) is 6.59. The summed E-state index contributed by atoms with van der Waals surface area (Å²) in [5, 5.41) is 9.61. The van der Waals surface area contributed by atoms with Gasteiger partial charge in [-0.25, -0.2) is 8.42 Å². The second-order valence-electron chi connectivity index (χ2n) is 6.17. The van der Waals surface area contributed by atoms with Gasteiger partial charge in [-0.05, 0) is 36.5 Å². The van der Waals surface area contributed by atoms with Crippen LogP contribution in [0.1, 0.15) is 38.2 Å². The summed E-state index contributed by atoms with van der Waals surface area (Å²) >= 11 is 0. The van der Waals surface area contributed by atoms with Crippen molar-refractivity contribution < 1.29 is 23.1 Å². The van der Waals surface area contributed by atoms with Crippen LogP contribution in [0.4, 0.5) is 0 Å². The molecule has 1 aromatic rings. The van der Waals surface area contributed by atoms with Crippen LogP contribution in [0, 0.1) is 0 Å². The van der Waals surface area contributed by atoms with Gasteiger partial charge in [0.25, 0.3) is 0 Å². The highest BCUT2D eigenvalue weighted by atomic mass is 32.2. The van der Waals surface area contributed by atoms with Crippen molar-refractivity contribution in [1.29, 1.82) is 0 Å². The van der Waals surface area contributed by atoms with E-state index >= 15 is 0 Å². The Balaban J connectivity index is 2.43. The Morgan fingerprint density at radius 3 is 2.43 bits per heavy atom. The quantitative estimate of drug-likeness (QED) is 0.856. The van der Waals surface area contributed by atoms with E-state index < -0.39 is 21.5 Å². The molecule has 23 heavy (non-hydrogen) atoms. The van der Waals surface area contributed by atoms with Gasteiger partial charge in [0.05, 0.1) is 11.5 Å². The molecule has 1 unspecified atom stereocenters. The SMILES string of the molecule is COCC1(C(=O)O)CCCN1S(=O)(=O)c1ccc(C(C)C)cc1. The van der Waals surface area contributed by atoms with Crippen molar-refractivity contribution in [3.63, 3.8) is 0 Å². The van der Waals surface area contributed by atoms with Crippen molar-refractivity contribution in [1.82, 2.24) is 4.31 Å². The summed E-state index contributed by atoms with van der Waals surface area (Å²) in [4.78, 5) is 11.9. The fourth-order valence-electron chi connectivity index (χ4n) is 3.01. The van der Waals surface area contributed by atoms with Crippen LogP contribution < -0.4 is 0 Å². The molecule has 128 valence electrons.